The molecular weight excluding hydrogens is 444 g/mol. The highest BCUT2D eigenvalue weighted by molar-refractivity contribution is 8.01. The number of aromatic nitrogens is 2. The largest absolute Gasteiger partial charge is 0.416 e. The van der Waals surface area contributed by atoms with E-state index in [2.05, 4.69) is 20.8 Å². The molecular formula is C18H12F4N4O2S2. The lowest BCUT2D eigenvalue weighted by atomic mass is 10.1. The Bertz CT molecular complexity index is 1070. The van der Waals surface area contributed by atoms with E-state index in [1.54, 1.807) is 0 Å². The average Bonchev–Trinajstić information content (AvgIpc) is 3.13. The summed E-state index contributed by atoms with van der Waals surface area (Å²) in [6.45, 7) is 0. The lowest BCUT2D eigenvalue weighted by Crippen LogP contribution is -2.14. The van der Waals surface area contributed by atoms with Crippen LogP contribution in [-0.4, -0.2) is 27.8 Å². The van der Waals surface area contributed by atoms with Crippen LogP contribution in [0.5, 0.6) is 0 Å². The van der Waals surface area contributed by atoms with Gasteiger partial charge in [0.05, 0.1) is 11.3 Å². The van der Waals surface area contributed by atoms with Crippen LogP contribution in [0.4, 0.5) is 28.4 Å². The van der Waals surface area contributed by atoms with Gasteiger partial charge in [-0.25, -0.2) is 4.39 Å². The summed E-state index contributed by atoms with van der Waals surface area (Å²) < 4.78 is 51.8. The maximum absolute atomic E-state index is 13.1. The van der Waals surface area contributed by atoms with Crippen LogP contribution in [0.2, 0.25) is 0 Å². The van der Waals surface area contributed by atoms with Crippen LogP contribution in [-0.2, 0) is 11.0 Å². The van der Waals surface area contributed by atoms with Gasteiger partial charge in [-0.15, -0.1) is 10.2 Å². The Balaban J connectivity index is 1.55. The molecule has 0 atom stereocenters. The zero-order valence-electron chi connectivity index (χ0n) is 14.9. The van der Waals surface area contributed by atoms with Crippen molar-refractivity contribution < 1.29 is 27.2 Å². The number of amides is 2. The molecule has 0 spiro atoms. The first kappa shape index (κ1) is 21.7. The van der Waals surface area contributed by atoms with Gasteiger partial charge in [0.2, 0.25) is 11.0 Å². The highest BCUT2D eigenvalue weighted by Crippen LogP contribution is 2.30. The third-order valence-electron chi connectivity index (χ3n) is 3.51. The molecule has 12 heteroatoms. The number of benzene rings is 2. The number of hydrogen-bond acceptors (Lipinski definition) is 6. The predicted octanol–water partition coefficient (Wildman–Crippen LogP) is 4.68. The lowest BCUT2D eigenvalue weighted by molar-refractivity contribution is -0.137. The van der Waals surface area contributed by atoms with Gasteiger partial charge in [-0.05, 0) is 36.4 Å². The number of hydrogen-bond donors (Lipinski definition) is 2. The van der Waals surface area contributed by atoms with Crippen molar-refractivity contribution in [2.45, 2.75) is 10.5 Å². The molecule has 0 saturated carbocycles. The number of thioether (sulfide) groups is 1. The van der Waals surface area contributed by atoms with Gasteiger partial charge < -0.3 is 5.32 Å². The minimum Gasteiger partial charge on any atom is -0.325 e. The van der Waals surface area contributed by atoms with Crippen LogP contribution >= 0.6 is 23.1 Å². The second kappa shape index (κ2) is 9.22. The molecule has 0 bridgehead atoms. The molecule has 0 fully saturated rings. The van der Waals surface area contributed by atoms with E-state index in [-0.39, 0.29) is 16.4 Å². The van der Waals surface area contributed by atoms with Gasteiger partial charge in [-0.1, -0.05) is 35.2 Å². The lowest BCUT2D eigenvalue weighted by Gasteiger charge is -2.08. The Morgan fingerprint density at radius 3 is 2.53 bits per heavy atom. The highest BCUT2D eigenvalue weighted by atomic mass is 32.2. The summed E-state index contributed by atoms with van der Waals surface area (Å²) in [6.07, 6.45) is -4.56. The summed E-state index contributed by atoms with van der Waals surface area (Å²) in [5.74, 6) is -1.68. The van der Waals surface area contributed by atoms with E-state index >= 15 is 0 Å². The molecule has 0 aliphatic heterocycles. The predicted molar refractivity (Wildman–Crippen MR) is 105 cm³/mol. The van der Waals surface area contributed by atoms with Gasteiger partial charge in [0.25, 0.3) is 5.91 Å². The second-order valence-electron chi connectivity index (χ2n) is 5.75. The van der Waals surface area contributed by atoms with Gasteiger partial charge in [-0.3, -0.25) is 14.9 Å². The normalized spacial score (nSPS) is 11.2. The van der Waals surface area contributed by atoms with Crippen molar-refractivity contribution >= 4 is 45.7 Å². The van der Waals surface area contributed by atoms with Crippen LogP contribution in [0.15, 0.2) is 52.9 Å². The molecule has 30 heavy (non-hydrogen) atoms. The molecule has 2 aromatic carbocycles. The molecule has 156 valence electrons. The first-order valence-corrected chi connectivity index (χ1v) is 10.0. The first-order valence-electron chi connectivity index (χ1n) is 8.21. The Morgan fingerprint density at radius 2 is 1.80 bits per heavy atom. The van der Waals surface area contributed by atoms with Crippen molar-refractivity contribution in [2.24, 2.45) is 0 Å². The molecule has 0 unspecified atom stereocenters. The number of carbonyl (C=O) groups excluding carboxylic acids is 2. The molecule has 1 aromatic heterocycles. The van der Waals surface area contributed by atoms with Gasteiger partial charge in [0, 0.05) is 11.3 Å². The smallest absolute Gasteiger partial charge is 0.325 e. The molecule has 1 heterocycles. The van der Waals surface area contributed by atoms with Crippen LogP contribution in [0, 0.1) is 5.82 Å². The van der Waals surface area contributed by atoms with E-state index in [0.717, 1.165) is 41.3 Å². The third-order valence-corrected chi connectivity index (χ3v) is 5.49. The van der Waals surface area contributed by atoms with Crippen molar-refractivity contribution in [3.63, 3.8) is 0 Å². The number of nitrogens with zero attached hydrogens (tertiary/aromatic N) is 2. The number of nitrogens with one attached hydrogen (secondary N) is 2. The van der Waals surface area contributed by atoms with E-state index in [1.807, 2.05) is 0 Å². The fourth-order valence-electron chi connectivity index (χ4n) is 2.22. The molecule has 3 aromatic rings. The van der Waals surface area contributed by atoms with Crippen LogP contribution in [0.3, 0.4) is 0 Å². The summed E-state index contributed by atoms with van der Waals surface area (Å²) >= 11 is 2.00. The Morgan fingerprint density at radius 1 is 1.03 bits per heavy atom. The Kier molecular flexibility index (Phi) is 6.67. The number of halogens is 4. The number of alkyl halides is 3. The topological polar surface area (TPSA) is 84.0 Å². The van der Waals surface area contributed by atoms with Crippen molar-refractivity contribution in [1.29, 1.82) is 0 Å². The fraction of sp³-hybridized carbons (Fsp3) is 0.111. The summed E-state index contributed by atoms with van der Waals surface area (Å²) in [6, 6.07) is 9.42. The number of carbonyl (C=O) groups is 2. The molecule has 0 aliphatic carbocycles. The Hall–Kier alpha value is -2.99. The maximum Gasteiger partial charge on any atom is 0.416 e. The van der Waals surface area contributed by atoms with Gasteiger partial charge >= 0.3 is 6.18 Å². The molecule has 2 amide bonds. The summed E-state index contributed by atoms with van der Waals surface area (Å²) in [7, 11) is 0. The van der Waals surface area contributed by atoms with E-state index in [9.17, 15) is 27.2 Å². The zero-order chi connectivity index (χ0) is 21.7. The summed E-state index contributed by atoms with van der Waals surface area (Å²) in [5, 5.41) is 12.5. The number of anilines is 2. The quantitative estimate of drug-likeness (QED) is 0.320. The SMILES string of the molecule is O=C(CSc1nnc(NC(=O)c2cccc(C(F)(F)F)c2)s1)Nc1cccc(F)c1. The molecule has 3 rings (SSSR count). The molecule has 0 saturated heterocycles. The van der Waals surface area contributed by atoms with E-state index in [0.29, 0.717) is 10.0 Å². The number of rotatable bonds is 6. The summed E-state index contributed by atoms with van der Waals surface area (Å²) in [4.78, 5) is 24.1. The molecule has 0 aliphatic rings. The van der Waals surface area contributed by atoms with Crippen molar-refractivity contribution in [2.75, 3.05) is 16.4 Å². The molecule has 6 nitrogen and oxygen atoms in total. The molecule has 0 radical (unpaired) electrons. The Labute approximate surface area is 175 Å². The van der Waals surface area contributed by atoms with Gasteiger partial charge in [0.1, 0.15) is 5.82 Å². The van der Waals surface area contributed by atoms with Crippen LogP contribution in [0.25, 0.3) is 0 Å². The van der Waals surface area contributed by atoms with Gasteiger partial charge in [0.15, 0.2) is 4.34 Å². The van der Waals surface area contributed by atoms with Crippen molar-refractivity contribution in [1.82, 2.24) is 10.2 Å². The van der Waals surface area contributed by atoms with Gasteiger partial charge in [-0.2, -0.15) is 13.2 Å². The highest BCUT2D eigenvalue weighted by Gasteiger charge is 2.31. The molecule has 2 N–H and O–H groups in total. The first-order chi connectivity index (χ1) is 14.2. The van der Waals surface area contributed by atoms with Crippen LogP contribution < -0.4 is 10.6 Å². The summed E-state index contributed by atoms with van der Waals surface area (Å²) in [5.41, 5.74) is -0.802. The average molecular weight is 456 g/mol. The third kappa shape index (κ3) is 6.00. The maximum atomic E-state index is 13.1. The van der Waals surface area contributed by atoms with E-state index < -0.39 is 29.4 Å². The van der Waals surface area contributed by atoms with Crippen molar-refractivity contribution in [3.8, 4) is 0 Å². The second-order valence-corrected chi connectivity index (χ2v) is 7.95. The van der Waals surface area contributed by atoms with Crippen LogP contribution in [0.1, 0.15) is 15.9 Å². The fourth-order valence-corrected chi connectivity index (χ4v) is 3.76. The minimum atomic E-state index is -4.56. The monoisotopic (exact) mass is 456 g/mol. The zero-order valence-corrected chi connectivity index (χ0v) is 16.5. The standard InChI is InChI=1S/C18H12F4N4O2S2/c19-12-5-2-6-13(8-12)23-14(27)9-29-17-26-25-16(30-17)24-15(28)10-3-1-4-11(7-10)18(20,21)22/h1-8H,9H2,(H,23,27)(H,24,25,28). The van der Waals surface area contributed by atoms with E-state index in [4.69, 9.17) is 0 Å². The van der Waals surface area contributed by atoms with Crippen molar-refractivity contribution in [3.05, 3.63) is 65.5 Å². The van der Waals surface area contributed by atoms with E-state index in [1.165, 1.54) is 30.3 Å². The minimum absolute atomic E-state index is 0.0350.